The van der Waals surface area contributed by atoms with Crippen LogP contribution in [0.5, 0.6) is 5.75 Å². The molecular weight excluding hydrogens is 582 g/mol. The molecule has 1 atom stereocenters. The number of amides is 4. The zero-order valence-electron chi connectivity index (χ0n) is 26.7. The summed E-state index contributed by atoms with van der Waals surface area (Å²) >= 11 is 0. The summed E-state index contributed by atoms with van der Waals surface area (Å²) in [6.45, 7) is 6.32. The first-order valence-corrected chi connectivity index (χ1v) is 16.4. The Morgan fingerprint density at radius 2 is 1.59 bits per heavy atom. The molecule has 46 heavy (non-hydrogen) atoms. The minimum absolute atomic E-state index is 0.0143. The number of aromatic nitrogens is 1. The molecule has 6 rings (SSSR count). The lowest BCUT2D eigenvalue weighted by Gasteiger charge is -2.38. The molecule has 0 saturated carbocycles. The van der Waals surface area contributed by atoms with Gasteiger partial charge in [0.05, 0.1) is 0 Å². The number of rotatable bonds is 6. The molecule has 10 heteroatoms. The number of fused-ring (bicyclic) bond motifs is 1. The normalized spacial score (nSPS) is 18.4. The van der Waals surface area contributed by atoms with Gasteiger partial charge in [-0.2, -0.15) is 0 Å². The number of para-hydroxylation sites is 1. The molecule has 3 aliphatic rings. The second kappa shape index (κ2) is 13.8. The smallest absolute Gasteiger partial charge is 0.410 e. The average molecular weight is 626 g/mol. The van der Waals surface area contributed by atoms with Gasteiger partial charge in [0.1, 0.15) is 5.75 Å². The van der Waals surface area contributed by atoms with Gasteiger partial charge in [-0.05, 0) is 97.9 Å². The number of phenols is 1. The van der Waals surface area contributed by atoms with Gasteiger partial charge < -0.3 is 29.9 Å². The van der Waals surface area contributed by atoms with Crippen molar-refractivity contribution < 1.29 is 24.2 Å². The molecule has 0 bridgehead atoms. The largest absolute Gasteiger partial charge is 0.507 e. The van der Waals surface area contributed by atoms with E-state index in [1.807, 2.05) is 72.2 Å². The van der Waals surface area contributed by atoms with Gasteiger partial charge in [0.25, 0.3) is 5.91 Å². The topological polar surface area (TPSA) is 115 Å². The number of anilines is 1. The molecule has 10 nitrogen and oxygen atoms in total. The molecule has 0 radical (unpaired) electrons. The number of benzene rings is 2. The number of pyridine rings is 1. The van der Waals surface area contributed by atoms with Crippen molar-refractivity contribution in [1.29, 1.82) is 0 Å². The number of aromatic hydroxyl groups is 1. The molecule has 2 fully saturated rings. The Labute approximate surface area is 270 Å². The lowest BCUT2D eigenvalue weighted by atomic mass is 9.90. The van der Waals surface area contributed by atoms with E-state index < -0.39 is 12.2 Å². The molecule has 4 heterocycles. The average Bonchev–Trinajstić information content (AvgIpc) is 3.25. The van der Waals surface area contributed by atoms with Crippen molar-refractivity contribution in [3.8, 4) is 5.75 Å². The number of likely N-dealkylation sites (tertiary alicyclic amines) is 2. The zero-order valence-corrected chi connectivity index (χ0v) is 26.7. The van der Waals surface area contributed by atoms with Gasteiger partial charge in [-0.1, -0.05) is 30.3 Å². The van der Waals surface area contributed by atoms with E-state index in [-0.39, 0.29) is 30.2 Å². The predicted octanol–water partition coefficient (Wildman–Crippen LogP) is 5.41. The first-order valence-electron chi connectivity index (χ1n) is 16.4. The maximum absolute atomic E-state index is 13.9. The van der Waals surface area contributed by atoms with E-state index in [0.29, 0.717) is 62.6 Å². The summed E-state index contributed by atoms with van der Waals surface area (Å²) in [5.74, 6) is 0.393. The Balaban J connectivity index is 1.10. The first-order chi connectivity index (χ1) is 22.3. The van der Waals surface area contributed by atoms with E-state index in [4.69, 9.17) is 4.74 Å². The van der Waals surface area contributed by atoms with Crippen LogP contribution < -0.4 is 5.32 Å². The third-order valence-corrected chi connectivity index (χ3v) is 9.78. The fourth-order valence-electron chi connectivity index (χ4n) is 7.12. The molecule has 2 aromatic carbocycles. The summed E-state index contributed by atoms with van der Waals surface area (Å²) in [6, 6.07) is 15.5. The number of phenolic OH excluding ortho intramolecular Hbond substituents is 1. The van der Waals surface area contributed by atoms with Crippen LogP contribution in [0.1, 0.15) is 59.4 Å². The van der Waals surface area contributed by atoms with Crippen LogP contribution in [-0.4, -0.2) is 87.7 Å². The highest BCUT2D eigenvalue weighted by Gasteiger charge is 2.35. The number of piperidine rings is 2. The molecule has 4 amide bonds. The minimum atomic E-state index is -0.985. The number of hydrogen-bond donors (Lipinski definition) is 2. The van der Waals surface area contributed by atoms with Crippen LogP contribution in [0.3, 0.4) is 0 Å². The lowest BCUT2D eigenvalue weighted by molar-refractivity contribution is -0.142. The van der Waals surface area contributed by atoms with E-state index in [1.54, 1.807) is 17.3 Å². The number of urea groups is 1. The van der Waals surface area contributed by atoms with E-state index >= 15 is 0 Å². The van der Waals surface area contributed by atoms with Gasteiger partial charge in [0.2, 0.25) is 0 Å². The number of aryl methyl sites for hydroxylation is 2. The van der Waals surface area contributed by atoms with Crippen molar-refractivity contribution >= 4 is 23.7 Å². The third-order valence-electron chi connectivity index (χ3n) is 9.78. The first kappa shape index (κ1) is 31.4. The van der Waals surface area contributed by atoms with Crippen molar-refractivity contribution in [2.45, 2.75) is 70.4 Å². The summed E-state index contributed by atoms with van der Waals surface area (Å²) in [5.41, 5.74) is 5.47. The standard InChI is InChI=1S/C36H43N5O5/c1-24-21-26(22-25(2)33(24)42)23-32(34(43)39-16-9-28(10-17-39)27-7-14-37-15-8-27)46-36(45)40-18-12-30(13-19-40)41-20-11-29-5-3-4-6-31(29)38-35(41)44/h3-8,14-15,21-22,28,30,32,42H,9-13,16-20,23H2,1-2H3,(H,38,44)/t32-/m1/s1. The van der Waals surface area contributed by atoms with Crippen LogP contribution in [0, 0.1) is 13.8 Å². The summed E-state index contributed by atoms with van der Waals surface area (Å²) < 4.78 is 6.03. The number of nitrogens with one attached hydrogen (secondary N) is 1. The highest BCUT2D eigenvalue weighted by atomic mass is 16.6. The molecule has 2 N–H and O–H groups in total. The van der Waals surface area contributed by atoms with E-state index in [2.05, 4.69) is 10.3 Å². The Bertz CT molecular complexity index is 1540. The van der Waals surface area contributed by atoms with Crippen LogP contribution in [0.2, 0.25) is 0 Å². The summed E-state index contributed by atoms with van der Waals surface area (Å²) in [4.78, 5) is 50.0. The number of ether oxygens (including phenoxy) is 1. The SMILES string of the molecule is Cc1cc(C[C@@H](OC(=O)N2CCC(N3CCc4ccccc4NC3=O)CC2)C(=O)N2CCC(c3ccncc3)CC2)cc(C)c1O. The van der Waals surface area contributed by atoms with Gasteiger partial charge in [-0.15, -0.1) is 0 Å². The zero-order chi connectivity index (χ0) is 32.2. The quantitative estimate of drug-likeness (QED) is 0.379. The maximum atomic E-state index is 13.9. The summed E-state index contributed by atoms with van der Waals surface area (Å²) in [6.07, 6.45) is 6.03. The number of hydrogen-bond acceptors (Lipinski definition) is 6. The van der Waals surface area contributed by atoms with Crippen LogP contribution >= 0.6 is 0 Å². The van der Waals surface area contributed by atoms with Crippen molar-refractivity contribution in [1.82, 2.24) is 19.7 Å². The Kier molecular flexibility index (Phi) is 9.42. The van der Waals surface area contributed by atoms with Crippen LogP contribution in [0.15, 0.2) is 60.9 Å². The van der Waals surface area contributed by atoms with Gasteiger partial charge >= 0.3 is 12.1 Å². The molecule has 242 valence electrons. The Morgan fingerprint density at radius 3 is 2.28 bits per heavy atom. The van der Waals surface area contributed by atoms with Gasteiger partial charge in [-0.25, -0.2) is 9.59 Å². The fourth-order valence-corrected chi connectivity index (χ4v) is 7.12. The molecule has 3 aliphatic heterocycles. The van der Waals surface area contributed by atoms with Crippen molar-refractivity contribution in [2.24, 2.45) is 0 Å². The maximum Gasteiger partial charge on any atom is 0.410 e. The Hall–Kier alpha value is -4.60. The fraction of sp³-hybridized carbons (Fsp3) is 0.444. The summed E-state index contributed by atoms with van der Waals surface area (Å²) in [5, 5.41) is 13.3. The van der Waals surface area contributed by atoms with Crippen LogP contribution in [0.4, 0.5) is 15.3 Å². The number of carbonyl (C=O) groups is 3. The lowest BCUT2D eigenvalue weighted by Crippen LogP contribution is -2.51. The number of carbonyl (C=O) groups excluding carboxylic acids is 3. The molecule has 0 aliphatic carbocycles. The van der Waals surface area contributed by atoms with E-state index in [9.17, 15) is 19.5 Å². The van der Waals surface area contributed by atoms with Crippen molar-refractivity contribution in [2.75, 3.05) is 38.0 Å². The highest BCUT2D eigenvalue weighted by Crippen LogP contribution is 2.30. The third kappa shape index (κ3) is 6.95. The molecule has 3 aromatic rings. The predicted molar refractivity (Wildman–Crippen MR) is 175 cm³/mol. The van der Waals surface area contributed by atoms with Gasteiger partial charge in [0.15, 0.2) is 6.10 Å². The van der Waals surface area contributed by atoms with Crippen molar-refractivity contribution in [3.63, 3.8) is 0 Å². The van der Waals surface area contributed by atoms with Gasteiger partial charge in [-0.3, -0.25) is 9.78 Å². The highest BCUT2D eigenvalue weighted by molar-refractivity contribution is 5.91. The molecule has 1 aromatic heterocycles. The Morgan fingerprint density at radius 1 is 0.935 bits per heavy atom. The molecule has 0 spiro atoms. The van der Waals surface area contributed by atoms with Crippen LogP contribution in [0.25, 0.3) is 0 Å². The second-order valence-electron chi connectivity index (χ2n) is 12.8. The molecule has 2 saturated heterocycles. The van der Waals surface area contributed by atoms with E-state index in [0.717, 1.165) is 36.1 Å². The molecular formula is C36H43N5O5. The summed E-state index contributed by atoms with van der Waals surface area (Å²) in [7, 11) is 0. The number of nitrogens with zero attached hydrogens (tertiary/aromatic N) is 4. The van der Waals surface area contributed by atoms with Crippen LogP contribution in [-0.2, 0) is 22.4 Å². The monoisotopic (exact) mass is 625 g/mol. The van der Waals surface area contributed by atoms with Crippen molar-refractivity contribution in [3.05, 3.63) is 88.7 Å². The molecule has 0 unspecified atom stereocenters. The minimum Gasteiger partial charge on any atom is -0.507 e. The second-order valence-corrected chi connectivity index (χ2v) is 12.8. The van der Waals surface area contributed by atoms with E-state index in [1.165, 1.54) is 5.56 Å². The van der Waals surface area contributed by atoms with Gasteiger partial charge in [0, 0.05) is 63.3 Å².